The van der Waals surface area contributed by atoms with Crippen LogP contribution >= 0.6 is 0 Å². The second-order valence-electron chi connectivity index (χ2n) is 6.44. The Hall–Kier alpha value is -3.20. The fraction of sp³-hybridized carbons (Fsp3) is 0.286. The standard InChI is InChI=1S/C21H20F3NO5/c1-13(26)17-5-3-4-6-18(17)25-19(27)14(2)30-20(28)16-9-7-15(8-10-16)11-29-12-21(22,23)24/h3-10,14H,11-12H2,1-2H3,(H,25,27). The van der Waals surface area contributed by atoms with E-state index in [4.69, 9.17) is 4.74 Å². The zero-order valence-corrected chi connectivity index (χ0v) is 16.3. The van der Waals surface area contributed by atoms with Crippen LogP contribution in [0, 0.1) is 0 Å². The van der Waals surface area contributed by atoms with E-state index in [1.54, 1.807) is 24.3 Å². The van der Waals surface area contributed by atoms with E-state index in [0.717, 1.165) is 0 Å². The van der Waals surface area contributed by atoms with Gasteiger partial charge in [-0.2, -0.15) is 13.2 Å². The molecule has 2 aromatic carbocycles. The Morgan fingerprint density at radius 1 is 1.03 bits per heavy atom. The normalized spacial score (nSPS) is 12.2. The van der Waals surface area contributed by atoms with E-state index in [9.17, 15) is 27.6 Å². The van der Waals surface area contributed by atoms with Gasteiger partial charge in [-0.3, -0.25) is 9.59 Å². The monoisotopic (exact) mass is 423 g/mol. The van der Waals surface area contributed by atoms with Gasteiger partial charge in [0.2, 0.25) is 0 Å². The van der Waals surface area contributed by atoms with E-state index in [2.05, 4.69) is 10.1 Å². The fourth-order valence-electron chi connectivity index (χ4n) is 2.44. The maximum absolute atomic E-state index is 12.3. The Morgan fingerprint density at radius 2 is 1.67 bits per heavy atom. The number of benzene rings is 2. The van der Waals surface area contributed by atoms with Crippen molar-refractivity contribution < 1.29 is 37.0 Å². The molecule has 0 bridgehead atoms. The number of anilines is 1. The minimum absolute atomic E-state index is 0.123. The number of halogens is 3. The summed E-state index contributed by atoms with van der Waals surface area (Å²) in [7, 11) is 0. The molecule has 0 aliphatic heterocycles. The number of hydrogen-bond acceptors (Lipinski definition) is 5. The molecule has 0 radical (unpaired) electrons. The number of ketones is 1. The lowest BCUT2D eigenvalue weighted by Gasteiger charge is -2.15. The number of Topliss-reactive ketones (excluding diaryl/α,β-unsaturated/α-hetero) is 1. The Bertz CT molecular complexity index is 910. The lowest BCUT2D eigenvalue weighted by atomic mass is 10.1. The first-order valence-corrected chi connectivity index (χ1v) is 8.92. The second kappa shape index (κ2) is 10.0. The molecule has 1 atom stereocenters. The summed E-state index contributed by atoms with van der Waals surface area (Å²) in [5.74, 6) is -1.62. The first-order valence-electron chi connectivity index (χ1n) is 8.92. The van der Waals surface area contributed by atoms with E-state index in [-0.39, 0.29) is 18.0 Å². The van der Waals surface area contributed by atoms with Gasteiger partial charge >= 0.3 is 12.1 Å². The number of esters is 1. The molecule has 0 aliphatic rings. The molecule has 0 fully saturated rings. The molecule has 1 unspecified atom stereocenters. The molecule has 1 N–H and O–H groups in total. The molecule has 30 heavy (non-hydrogen) atoms. The SMILES string of the molecule is CC(=O)c1ccccc1NC(=O)C(C)OC(=O)c1ccc(COCC(F)(F)F)cc1. The summed E-state index contributed by atoms with van der Waals surface area (Å²) in [4.78, 5) is 36.1. The smallest absolute Gasteiger partial charge is 0.411 e. The van der Waals surface area contributed by atoms with Gasteiger partial charge in [-0.05, 0) is 43.7 Å². The van der Waals surface area contributed by atoms with Crippen molar-refractivity contribution in [2.45, 2.75) is 32.7 Å². The molecule has 2 rings (SSSR count). The number of hydrogen-bond donors (Lipinski definition) is 1. The number of carbonyl (C=O) groups excluding carboxylic acids is 3. The third-order valence-corrected chi connectivity index (χ3v) is 3.94. The van der Waals surface area contributed by atoms with Gasteiger partial charge in [-0.15, -0.1) is 0 Å². The fourth-order valence-corrected chi connectivity index (χ4v) is 2.44. The van der Waals surface area contributed by atoms with E-state index in [1.165, 1.54) is 38.1 Å². The third-order valence-electron chi connectivity index (χ3n) is 3.94. The zero-order valence-electron chi connectivity index (χ0n) is 16.3. The van der Waals surface area contributed by atoms with Crippen molar-refractivity contribution in [3.63, 3.8) is 0 Å². The van der Waals surface area contributed by atoms with Gasteiger partial charge < -0.3 is 14.8 Å². The third kappa shape index (κ3) is 7.00. The second-order valence-corrected chi connectivity index (χ2v) is 6.44. The Kier molecular flexibility index (Phi) is 7.71. The summed E-state index contributed by atoms with van der Waals surface area (Å²) in [6.07, 6.45) is -5.56. The first-order chi connectivity index (χ1) is 14.1. The molecule has 0 aliphatic carbocycles. The van der Waals surface area contributed by atoms with Crippen LogP contribution in [0.4, 0.5) is 18.9 Å². The summed E-state index contributed by atoms with van der Waals surface area (Å²) in [5, 5.41) is 2.55. The number of para-hydroxylation sites is 1. The molecule has 0 saturated heterocycles. The predicted octanol–water partition coefficient (Wildman–Crippen LogP) is 4.15. The Morgan fingerprint density at radius 3 is 2.27 bits per heavy atom. The number of carbonyl (C=O) groups is 3. The van der Waals surface area contributed by atoms with Crippen molar-refractivity contribution in [2.75, 3.05) is 11.9 Å². The van der Waals surface area contributed by atoms with Crippen LogP contribution < -0.4 is 5.32 Å². The van der Waals surface area contributed by atoms with Gasteiger partial charge in [0.05, 0.1) is 17.9 Å². The quantitative estimate of drug-likeness (QED) is 0.510. The number of amides is 1. The molecule has 9 heteroatoms. The highest BCUT2D eigenvalue weighted by molar-refractivity contribution is 6.05. The van der Waals surface area contributed by atoms with E-state index in [0.29, 0.717) is 16.8 Å². The molecule has 0 heterocycles. The number of nitrogens with one attached hydrogen (secondary N) is 1. The number of rotatable bonds is 8. The molecule has 0 spiro atoms. The highest BCUT2D eigenvalue weighted by Gasteiger charge is 2.27. The zero-order chi connectivity index (χ0) is 22.3. The number of alkyl halides is 3. The molecule has 0 saturated carbocycles. The van der Waals surface area contributed by atoms with Gasteiger partial charge in [0, 0.05) is 5.56 Å². The summed E-state index contributed by atoms with van der Waals surface area (Å²) in [6.45, 7) is 1.12. The molecule has 1 amide bonds. The van der Waals surface area contributed by atoms with Crippen molar-refractivity contribution in [1.82, 2.24) is 0 Å². The first kappa shape index (κ1) is 23.1. The minimum atomic E-state index is -4.41. The highest BCUT2D eigenvalue weighted by Crippen LogP contribution is 2.17. The van der Waals surface area contributed by atoms with Crippen LogP contribution in [-0.4, -0.2) is 36.5 Å². The average Bonchev–Trinajstić information content (AvgIpc) is 2.67. The minimum Gasteiger partial charge on any atom is -0.449 e. The van der Waals surface area contributed by atoms with Gasteiger partial charge in [0.25, 0.3) is 5.91 Å². The van der Waals surface area contributed by atoms with Gasteiger partial charge in [0.1, 0.15) is 6.61 Å². The molecule has 6 nitrogen and oxygen atoms in total. The maximum atomic E-state index is 12.3. The molecular formula is C21H20F3NO5. The summed E-state index contributed by atoms with van der Waals surface area (Å²) in [5.41, 5.74) is 1.20. The Labute approximate surface area is 171 Å². The van der Waals surface area contributed by atoms with Crippen LogP contribution in [0.5, 0.6) is 0 Å². The van der Waals surface area contributed by atoms with Crippen LogP contribution in [0.15, 0.2) is 48.5 Å². The molecule has 2 aromatic rings. The van der Waals surface area contributed by atoms with Crippen molar-refractivity contribution in [1.29, 1.82) is 0 Å². The molecule has 0 aromatic heterocycles. The lowest BCUT2D eigenvalue weighted by molar-refractivity contribution is -0.176. The lowest BCUT2D eigenvalue weighted by Crippen LogP contribution is -2.30. The predicted molar refractivity (Wildman–Crippen MR) is 102 cm³/mol. The maximum Gasteiger partial charge on any atom is 0.411 e. The summed E-state index contributed by atoms with van der Waals surface area (Å²) < 4.78 is 45.9. The van der Waals surface area contributed by atoms with E-state index < -0.39 is 30.8 Å². The largest absolute Gasteiger partial charge is 0.449 e. The number of ether oxygens (including phenoxy) is 2. The van der Waals surface area contributed by atoms with Gasteiger partial charge in [0.15, 0.2) is 11.9 Å². The van der Waals surface area contributed by atoms with Crippen LogP contribution in [-0.2, 0) is 20.9 Å². The van der Waals surface area contributed by atoms with Crippen LogP contribution in [0.1, 0.15) is 40.1 Å². The topological polar surface area (TPSA) is 81.7 Å². The summed E-state index contributed by atoms with van der Waals surface area (Å²) >= 11 is 0. The Balaban J connectivity index is 1.92. The summed E-state index contributed by atoms with van der Waals surface area (Å²) in [6, 6.07) is 12.0. The van der Waals surface area contributed by atoms with Crippen LogP contribution in [0.25, 0.3) is 0 Å². The van der Waals surface area contributed by atoms with E-state index in [1.807, 2.05) is 0 Å². The van der Waals surface area contributed by atoms with Gasteiger partial charge in [-0.25, -0.2) is 4.79 Å². The highest BCUT2D eigenvalue weighted by atomic mass is 19.4. The van der Waals surface area contributed by atoms with Crippen molar-refractivity contribution in [3.05, 3.63) is 65.2 Å². The molecule has 160 valence electrons. The molecular weight excluding hydrogens is 403 g/mol. The van der Waals surface area contributed by atoms with Crippen molar-refractivity contribution >= 4 is 23.3 Å². The van der Waals surface area contributed by atoms with Crippen molar-refractivity contribution in [2.24, 2.45) is 0 Å². The van der Waals surface area contributed by atoms with Crippen molar-refractivity contribution in [3.8, 4) is 0 Å². The van der Waals surface area contributed by atoms with Crippen LogP contribution in [0.3, 0.4) is 0 Å². The van der Waals surface area contributed by atoms with E-state index >= 15 is 0 Å². The van der Waals surface area contributed by atoms with Gasteiger partial charge in [-0.1, -0.05) is 24.3 Å². The average molecular weight is 423 g/mol. The van der Waals surface area contributed by atoms with Crippen LogP contribution in [0.2, 0.25) is 0 Å².